The highest BCUT2D eigenvalue weighted by atomic mass is 16.6. The molecule has 0 heterocycles. The van der Waals surface area contributed by atoms with Gasteiger partial charge >= 0.3 is 6.09 Å². The second kappa shape index (κ2) is 5.82. The Kier molecular flexibility index (Phi) is 5.49. The van der Waals surface area contributed by atoms with Crippen molar-refractivity contribution < 1.29 is 19.4 Å². The first-order valence-electron chi connectivity index (χ1n) is 4.47. The number of ether oxygens (including phenoxy) is 2. The van der Waals surface area contributed by atoms with Gasteiger partial charge in [0.2, 0.25) is 0 Å². The van der Waals surface area contributed by atoms with Crippen LogP contribution in [0.2, 0.25) is 0 Å². The second-order valence-corrected chi connectivity index (χ2v) is 4.04. The first-order chi connectivity index (χ1) is 6.39. The minimum atomic E-state index is -0.609. The standard InChI is InChI=1S/C9H19NO4/c1-9(2,3)10-8(12)14-7(5-11)6-13-4/h7,11H,5-6H2,1-4H3,(H,10,12)/t7-/m1/s1. The van der Waals surface area contributed by atoms with E-state index in [0.717, 1.165) is 0 Å². The van der Waals surface area contributed by atoms with Gasteiger partial charge in [0.25, 0.3) is 0 Å². The van der Waals surface area contributed by atoms with Gasteiger partial charge in [-0.25, -0.2) is 4.79 Å². The summed E-state index contributed by atoms with van der Waals surface area (Å²) in [4.78, 5) is 11.2. The smallest absolute Gasteiger partial charge is 0.407 e. The zero-order valence-corrected chi connectivity index (χ0v) is 9.16. The molecule has 0 aromatic rings. The van der Waals surface area contributed by atoms with Crippen LogP contribution in [0.15, 0.2) is 0 Å². The van der Waals surface area contributed by atoms with E-state index in [1.165, 1.54) is 7.11 Å². The van der Waals surface area contributed by atoms with Gasteiger partial charge in [-0.1, -0.05) is 0 Å². The second-order valence-electron chi connectivity index (χ2n) is 4.04. The van der Waals surface area contributed by atoms with E-state index in [-0.39, 0.29) is 18.8 Å². The average molecular weight is 205 g/mol. The molecule has 0 saturated heterocycles. The number of carbonyl (C=O) groups excluding carboxylic acids is 1. The van der Waals surface area contributed by atoms with E-state index in [1.807, 2.05) is 20.8 Å². The molecular weight excluding hydrogens is 186 g/mol. The number of hydrogen-bond acceptors (Lipinski definition) is 4. The van der Waals surface area contributed by atoms with Crippen LogP contribution in [0.5, 0.6) is 0 Å². The summed E-state index contributed by atoms with van der Waals surface area (Å²) >= 11 is 0. The molecule has 0 rings (SSSR count). The molecule has 0 unspecified atom stereocenters. The summed E-state index contributed by atoms with van der Waals surface area (Å²) in [7, 11) is 1.48. The highest BCUT2D eigenvalue weighted by molar-refractivity contribution is 5.68. The van der Waals surface area contributed by atoms with Crippen LogP contribution >= 0.6 is 0 Å². The number of aliphatic hydroxyl groups is 1. The maximum absolute atomic E-state index is 11.2. The molecule has 0 aliphatic heterocycles. The third-order valence-corrected chi connectivity index (χ3v) is 1.31. The number of amides is 1. The van der Waals surface area contributed by atoms with Crippen LogP contribution in [0, 0.1) is 0 Å². The lowest BCUT2D eigenvalue weighted by Gasteiger charge is -2.22. The molecule has 0 spiro atoms. The molecule has 0 aromatic heterocycles. The molecule has 84 valence electrons. The number of alkyl carbamates (subject to hydrolysis) is 1. The van der Waals surface area contributed by atoms with Crippen LogP contribution in [0.3, 0.4) is 0 Å². The highest BCUT2D eigenvalue weighted by Gasteiger charge is 2.18. The lowest BCUT2D eigenvalue weighted by molar-refractivity contribution is 0.00574. The molecule has 1 atom stereocenters. The molecule has 14 heavy (non-hydrogen) atoms. The monoisotopic (exact) mass is 205 g/mol. The Morgan fingerprint density at radius 3 is 2.43 bits per heavy atom. The molecule has 0 saturated carbocycles. The Hall–Kier alpha value is -0.810. The number of rotatable bonds is 4. The Balaban J connectivity index is 3.91. The van der Waals surface area contributed by atoms with Crippen molar-refractivity contribution in [3.05, 3.63) is 0 Å². The lowest BCUT2D eigenvalue weighted by atomic mass is 10.1. The molecule has 5 heteroatoms. The maximum atomic E-state index is 11.2. The minimum Gasteiger partial charge on any atom is -0.441 e. The Morgan fingerprint density at radius 2 is 2.07 bits per heavy atom. The van der Waals surface area contributed by atoms with E-state index in [1.54, 1.807) is 0 Å². The normalized spacial score (nSPS) is 13.5. The number of hydrogen-bond donors (Lipinski definition) is 2. The van der Waals surface area contributed by atoms with Crippen molar-refractivity contribution in [2.45, 2.75) is 32.4 Å². The van der Waals surface area contributed by atoms with E-state index in [9.17, 15) is 4.79 Å². The van der Waals surface area contributed by atoms with Gasteiger partial charge in [0.1, 0.15) is 6.10 Å². The fraction of sp³-hybridized carbons (Fsp3) is 0.889. The predicted octanol–water partition coefficient (Wildman–Crippen LogP) is 0.518. The van der Waals surface area contributed by atoms with Crippen molar-refractivity contribution in [3.8, 4) is 0 Å². The fourth-order valence-corrected chi connectivity index (χ4v) is 0.797. The number of methoxy groups -OCH3 is 1. The largest absolute Gasteiger partial charge is 0.441 e. The highest BCUT2D eigenvalue weighted by Crippen LogP contribution is 2.01. The SMILES string of the molecule is COC[C@@H](CO)OC(=O)NC(C)(C)C. The Morgan fingerprint density at radius 1 is 1.50 bits per heavy atom. The van der Waals surface area contributed by atoms with Gasteiger partial charge in [-0.05, 0) is 20.8 Å². The summed E-state index contributed by atoms with van der Waals surface area (Å²) in [5, 5.41) is 11.4. The Bertz CT molecular complexity index is 176. The number of nitrogens with one attached hydrogen (secondary N) is 1. The third kappa shape index (κ3) is 6.68. The quantitative estimate of drug-likeness (QED) is 0.702. The van der Waals surface area contributed by atoms with Gasteiger partial charge < -0.3 is 19.9 Å². The molecule has 0 aliphatic rings. The Labute approximate surface area is 84.4 Å². The number of carbonyl (C=O) groups is 1. The minimum absolute atomic E-state index is 0.189. The van der Waals surface area contributed by atoms with Crippen LogP contribution in [0.1, 0.15) is 20.8 Å². The molecular formula is C9H19NO4. The van der Waals surface area contributed by atoms with E-state index in [4.69, 9.17) is 14.6 Å². The summed E-state index contributed by atoms with van der Waals surface area (Å²) in [6.45, 7) is 5.48. The van der Waals surface area contributed by atoms with E-state index < -0.39 is 12.2 Å². The van der Waals surface area contributed by atoms with Crippen LogP contribution in [-0.2, 0) is 9.47 Å². The summed E-state index contributed by atoms with van der Waals surface area (Å²) in [5.41, 5.74) is -0.343. The molecule has 1 amide bonds. The molecule has 5 nitrogen and oxygen atoms in total. The first kappa shape index (κ1) is 13.2. The van der Waals surface area contributed by atoms with Gasteiger partial charge in [-0.3, -0.25) is 0 Å². The van der Waals surface area contributed by atoms with E-state index in [0.29, 0.717) is 0 Å². The zero-order chi connectivity index (χ0) is 11.2. The van der Waals surface area contributed by atoms with Gasteiger partial charge in [0.05, 0.1) is 13.2 Å². The molecule has 2 N–H and O–H groups in total. The predicted molar refractivity (Wildman–Crippen MR) is 52.1 cm³/mol. The van der Waals surface area contributed by atoms with E-state index in [2.05, 4.69) is 5.32 Å². The van der Waals surface area contributed by atoms with Crippen LogP contribution in [-0.4, -0.2) is 43.2 Å². The van der Waals surface area contributed by atoms with Crippen LogP contribution in [0.25, 0.3) is 0 Å². The molecule has 0 fully saturated rings. The zero-order valence-electron chi connectivity index (χ0n) is 9.16. The molecule has 0 radical (unpaired) electrons. The summed E-state index contributed by atoms with van der Waals surface area (Å²) in [6.07, 6.45) is -1.16. The summed E-state index contributed by atoms with van der Waals surface area (Å²) in [6, 6.07) is 0. The third-order valence-electron chi connectivity index (χ3n) is 1.31. The van der Waals surface area contributed by atoms with Crippen molar-refractivity contribution >= 4 is 6.09 Å². The first-order valence-corrected chi connectivity index (χ1v) is 4.47. The van der Waals surface area contributed by atoms with Gasteiger partial charge in [-0.2, -0.15) is 0 Å². The molecule has 0 aromatic carbocycles. The molecule has 0 aliphatic carbocycles. The van der Waals surface area contributed by atoms with Crippen LogP contribution < -0.4 is 5.32 Å². The lowest BCUT2D eigenvalue weighted by Crippen LogP contribution is -2.43. The van der Waals surface area contributed by atoms with Crippen molar-refractivity contribution in [2.75, 3.05) is 20.3 Å². The topological polar surface area (TPSA) is 67.8 Å². The average Bonchev–Trinajstić information content (AvgIpc) is 2.00. The van der Waals surface area contributed by atoms with Crippen molar-refractivity contribution in [1.29, 1.82) is 0 Å². The summed E-state index contributed by atoms with van der Waals surface area (Å²) in [5.74, 6) is 0. The van der Waals surface area contributed by atoms with Gasteiger partial charge in [0.15, 0.2) is 0 Å². The van der Waals surface area contributed by atoms with Crippen molar-refractivity contribution in [2.24, 2.45) is 0 Å². The molecule has 0 bridgehead atoms. The maximum Gasteiger partial charge on any atom is 0.407 e. The fourth-order valence-electron chi connectivity index (χ4n) is 0.797. The number of aliphatic hydroxyl groups excluding tert-OH is 1. The van der Waals surface area contributed by atoms with Crippen molar-refractivity contribution in [3.63, 3.8) is 0 Å². The van der Waals surface area contributed by atoms with E-state index >= 15 is 0 Å². The van der Waals surface area contributed by atoms with Crippen LogP contribution in [0.4, 0.5) is 4.79 Å². The van der Waals surface area contributed by atoms with Gasteiger partial charge in [0, 0.05) is 12.6 Å². The van der Waals surface area contributed by atoms with Gasteiger partial charge in [-0.15, -0.1) is 0 Å². The summed E-state index contributed by atoms with van der Waals surface area (Å²) < 4.78 is 9.65. The van der Waals surface area contributed by atoms with Crippen molar-refractivity contribution in [1.82, 2.24) is 5.32 Å².